The van der Waals surface area contributed by atoms with Crippen LogP contribution >= 0.6 is 0 Å². The summed E-state index contributed by atoms with van der Waals surface area (Å²) < 4.78 is 0. The standard InChI is InChI=1S/C44H46/c1-27-33(21-15-23-39(27)43(5,6)7)37-25-31-17-11-13-19-35(31)41(29(37)3)42-30(4)38(26-32-18-12-14-20-36(32)42)34-22-16-24-40(28(34)2)44(8,9)10/h11-26H,1-10H3. The third-order valence-electron chi connectivity index (χ3n) is 9.73. The summed E-state index contributed by atoms with van der Waals surface area (Å²) in [4.78, 5) is 0. The molecule has 0 radical (unpaired) electrons. The van der Waals surface area contributed by atoms with E-state index < -0.39 is 0 Å². The topological polar surface area (TPSA) is 0 Å². The van der Waals surface area contributed by atoms with Crippen molar-refractivity contribution in [3.63, 3.8) is 0 Å². The van der Waals surface area contributed by atoms with E-state index in [-0.39, 0.29) is 10.8 Å². The maximum atomic E-state index is 2.42. The summed E-state index contributed by atoms with van der Waals surface area (Å²) in [5, 5.41) is 5.18. The molecule has 0 heterocycles. The number of hydrogen-bond donors (Lipinski definition) is 0. The van der Waals surface area contributed by atoms with Crippen LogP contribution in [0, 0.1) is 27.7 Å². The number of fused-ring (bicyclic) bond motifs is 2. The Labute approximate surface area is 264 Å². The van der Waals surface area contributed by atoms with Gasteiger partial charge in [-0.3, -0.25) is 0 Å². The molecule has 0 amide bonds. The lowest BCUT2D eigenvalue weighted by molar-refractivity contribution is 0.586. The number of benzene rings is 6. The number of rotatable bonds is 3. The molecule has 0 spiro atoms. The lowest BCUT2D eigenvalue weighted by atomic mass is 9.78. The minimum Gasteiger partial charge on any atom is -0.0616 e. The van der Waals surface area contributed by atoms with Crippen LogP contribution in [0.2, 0.25) is 0 Å². The Hall–Kier alpha value is -4.16. The van der Waals surface area contributed by atoms with Crippen LogP contribution in [-0.2, 0) is 10.8 Å². The highest BCUT2D eigenvalue weighted by Crippen LogP contribution is 2.47. The average Bonchev–Trinajstić information content (AvgIpc) is 2.96. The third-order valence-corrected chi connectivity index (χ3v) is 9.73. The van der Waals surface area contributed by atoms with Gasteiger partial charge < -0.3 is 0 Å². The molecule has 0 aromatic heterocycles. The molecular weight excluding hydrogens is 528 g/mol. The van der Waals surface area contributed by atoms with E-state index in [1.807, 2.05) is 0 Å². The molecule has 0 aliphatic carbocycles. The zero-order valence-electron chi connectivity index (χ0n) is 28.2. The molecule has 0 saturated heterocycles. The van der Waals surface area contributed by atoms with Crippen molar-refractivity contribution >= 4 is 21.5 Å². The van der Waals surface area contributed by atoms with Crippen LogP contribution in [0.15, 0.2) is 97.1 Å². The van der Waals surface area contributed by atoms with Gasteiger partial charge in [0.1, 0.15) is 0 Å². The smallest absolute Gasteiger partial charge is 0.00608 e. The first-order chi connectivity index (χ1) is 20.8. The lowest BCUT2D eigenvalue weighted by Gasteiger charge is -2.26. The molecule has 0 atom stereocenters. The van der Waals surface area contributed by atoms with E-state index >= 15 is 0 Å². The van der Waals surface area contributed by atoms with Crippen LogP contribution in [0.3, 0.4) is 0 Å². The van der Waals surface area contributed by atoms with Crippen LogP contribution < -0.4 is 0 Å². The van der Waals surface area contributed by atoms with Crippen molar-refractivity contribution < 1.29 is 0 Å². The second kappa shape index (κ2) is 10.8. The van der Waals surface area contributed by atoms with E-state index in [0.29, 0.717) is 0 Å². The average molecular weight is 575 g/mol. The molecule has 0 N–H and O–H groups in total. The minimum atomic E-state index is 0.0776. The quantitative estimate of drug-likeness (QED) is 0.197. The highest BCUT2D eigenvalue weighted by molar-refractivity contribution is 6.11. The summed E-state index contributed by atoms with van der Waals surface area (Å²) in [6, 6.07) is 36.4. The van der Waals surface area contributed by atoms with E-state index in [2.05, 4.69) is 166 Å². The molecule has 6 aromatic carbocycles. The molecule has 0 aliphatic heterocycles. The zero-order valence-corrected chi connectivity index (χ0v) is 28.2. The Bertz CT molecular complexity index is 1900. The van der Waals surface area contributed by atoms with Gasteiger partial charge in [0.05, 0.1) is 0 Å². The molecule has 222 valence electrons. The molecular formula is C44H46. The largest absolute Gasteiger partial charge is 0.0616 e. The molecule has 0 aliphatic rings. The van der Waals surface area contributed by atoms with Crippen LogP contribution in [0.25, 0.3) is 54.9 Å². The van der Waals surface area contributed by atoms with E-state index in [9.17, 15) is 0 Å². The Kier molecular flexibility index (Phi) is 7.32. The molecule has 0 saturated carbocycles. The van der Waals surface area contributed by atoms with Crippen molar-refractivity contribution in [2.24, 2.45) is 0 Å². The Morgan fingerprint density at radius 1 is 0.364 bits per heavy atom. The summed E-state index contributed by atoms with van der Waals surface area (Å²) >= 11 is 0. The van der Waals surface area contributed by atoms with Gasteiger partial charge in [-0.05, 0) is 139 Å². The SMILES string of the molecule is Cc1c(-c2cc3ccccc3c(-c3c(C)c(-c4cccc(C(C)(C)C)c4C)cc4ccccc34)c2C)cccc1C(C)(C)C. The second-order valence-corrected chi connectivity index (χ2v) is 14.7. The first-order valence-electron chi connectivity index (χ1n) is 16.0. The van der Waals surface area contributed by atoms with Crippen LogP contribution in [0.1, 0.15) is 74.9 Å². The molecule has 0 nitrogen and oxygen atoms in total. The molecule has 0 fully saturated rings. The van der Waals surface area contributed by atoms with E-state index in [0.717, 1.165) is 0 Å². The highest BCUT2D eigenvalue weighted by Gasteiger charge is 2.24. The normalized spacial score (nSPS) is 12.3. The molecule has 0 bridgehead atoms. The second-order valence-electron chi connectivity index (χ2n) is 14.7. The fraction of sp³-hybridized carbons (Fsp3) is 0.273. The fourth-order valence-electron chi connectivity index (χ4n) is 7.59. The molecule has 44 heavy (non-hydrogen) atoms. The van der Waals surface area contributed by atoms with Gasteiger partial charge in [0, 0.05) is 0 Å². The van der Waals surface area contributed by atoms with Crippen molar-refractivity contribution in [2.75, 3.05) is 0 Å². The predicted octanol–water partition coefficient (Wildman–Crippen LogP) is 12.8. The molecule has 6 rings (SSSR count). The highest BCUT2D eigenvalue weighted by atomic mass is 14.3. The molecule has 0 heteroatoms. The molecule has 6 aromatic rings. The third kappa shape index (κ3) is 4.95. The van der Waals surface area contributed by atoms with Gasteiger partial charge in [0.25, 0.3) is 0 Å². The maximum absolute atomic E-state index is 2.42. The zero-order chi connectivity index (χ0) is 31.6. The Morgan fingerprint density at radius 3 is 1.09 bits per heavy atom. The van der Waals surface area contributed by atoms with Crippen LogP contribution in [0.4, 0.5) is 0 Å². The first kappa shape index (κ1) is 29.9. The summed E-state index contributed by atoms with van der Waals surface area (Å²) in [5.74, 6) is 0. The summed E-state index contributed by atoms with van der Waals surface area (Å²) in [5.41, 5.74) is 16.4. The van der Waals surface area contributed by atoms with Gasteiger partial charge in [-0.1, -0.05) is 126 Å². The fourth-order valence-corrected chi connectivity index (χ4v) is 7.59. The summed E-state index contributed by atoms with van der Waals surface area (Å²) in [7, 11) is 0. The van der Waals surface area contributed by atoms with E-state index in [1.165, 1.54) is 88.3 Å². The first-order valence-corrected chi connectivity index (χ1v) is 16.0. The predicted molar refractivity (Wildman–Crippen MR) is 194 cm³/mol. The van der Waals surface area contributed by atoms with Gasteiger partial charge in [0.2, 0.25) is 0 Å². The maximum Gasteiger partial charge on any atom is -0.00608 e. The lowest BCUT2D eigenvalue weighted by Crippen LogP contribution is -2.13. The van der Waals surface area contributed by atoms with Crippen molar-refractivity contribution in [2.45, 2.75) is 80.1 Å². The Balaban J connectivity index is 1.74. The Morgan fingerprint density at radius 2 is 0.727 bits per heavy atom. The summed E-state index contributed by atoms with van der Waals surface area (Å²) in [6.07, 6.45) is 0. The van der Waals surface area contributed by atoms with Gasteiger partial charge in [0.15, 0.2) is 0 Å². The monoisotopic (exact) mass is 574 g/mol. The van der Waals surface area contributed by atoms with Gasteiger partial charge in [-0.15, -0.1) is 0 Å². The van der Waals surface area contributed by atoms with Crippen LogP contribution in [-0.4, -0.2) is 0 Å². The van der Waals surface area contributed by atoms with Gasteiger partial charge in [-0.25, -0.2) is 0 Å². The van der Waals surface area contributed by atoms with Crippen LogP contribution in [0.5, 0.6) is 0 Å². The van der Waals surface area contributed by atoms with Crippen molar-refractivity contribution in [3.8, 4) is 33.4 Å². The van der Waals surface area contributed by atoms with Crippen molar-refractivity contribution in [1.29, 1.82) is 0 Å². The number of hydrogen-bond acceptors (Lipinski definition) is 0. The molecule has 0 unspecified atom stereocenters. The van der Waals surface area contributed by atoms with Crippen molar-refractivity contribution in [3.05, 3.63) is 130 Å². The van der Waals surface area contributed by atoms with E-state index in [4.69, 9.17) is 0 Å². The van der Waals surface area contributed by atoms with Gasteiger partial charge >= 0.3 is 0 Å². The summed E-state index contributed by atoms with van der Waals surface area (Å²) in [6.45, 7) is 23.2. The van der Waals surface area contributed by atoms with E-state index in [1.54, 1.807) is 0 Å². The van der Waals surface area contributed by atoms with Crippen molar-refractivity contribution in [1.82, 2.24) is 0 Å². The van der Waals surface area contributed by atoms with Gasteiger partial charge in [-0.2, -0.15) is 0 Å². The minimum absolute atomic E-state index is 0.0776.